The van der Waals surface area contributed by atoms with Gasteiger partial charge in [0.25, 0.3) is 0 Å². The number of aliphatic imine (C=N–C) groups is 1. The van der Waals surface area contributed by atoms with Crippen molar-refractivity contribution in [2.75, 3.05) is 13.7 Å². The number of hydrogen-bond acceptors (Lipinski definition) is 4. The normalized spacial score (nSPS) is 17.0. The molecule has 26 heavy (non-hydrogen) atoms. The van der Waals surface area contributed by atoms with Crippen molar-refractivity contribution in [3.63, 3.8) is 0 Å². The molecule has 0 spiro atoms. The number of ether oxygens (including phenoxy) is 1. The third-order valence-corrected chi connectivity index (χ3v) is 4.36. The lowest BCUT2D eigenvalue weighted by molar-refractivity contribution is 0.177. The second kappa shape index (κ2) is 8.80. The Hall–Kier alpha value is -2.41. The van der Waals surface area contributed by atoms with E-state index in [0.29, 0.717) is 13.2 Å². The number of guanidine groups is 1. The van der Waals surface area contributed by atoms with E-state index in [-0.39, 0.29) is 6.04 Å². The van der Waals surface area contributed by atoms with Gasteiger partial charge in [-0.2, -0.15) is 5.10 Å². The van der Waals surface area contributed by atoms with Crippen molar-refractivity contribution >= 4 is 5.96 Å². The van der Waals surface area contributed by atoms with Crippen molar-refractivity contribution in [1.82, 2.24) is 25.4 Å². The van der Waals surface area contributed by atoms with Crippen molar-refractivity contribution in [1.29, 1.82) is 0 Å². The van der Waals surface area contributed by atoms with Gasteiger partial charge in [0, 0.05) is 26.1 Å². The van der Waals surface area contributed by atoms with Gasteiger partial charge in [-0.05, 0) is 25.8 Å². The molecule has 2 N–H and O–H groups in total. The third-order valence-electron chi connectivity index (χ3n) is 4.36. The Bertz CT molecular complexity index is 754. The van der Waals surface area contributed by atoms with Crippen LogP contribution in [0.25, 0.3) is 0 Å². The topological polar surface area (TPSA) is 76.4 Å². The molecule has 7 nitrogen and oxygen atoms in total. The van der Waals surface area contributed by atoms with Crippen molar-refractivity contribution in [2.45, 2.75) is 52.4 Å². The highest BCUT2D eigenvalue weighted by atomic mass is 16.5. The Labute approximate surface area is 154 Å². The van der Waals surface area contributed by atoms with Gasteiger partial charge in [-0.3, -0.25) is 0 Å². The summed E-state index contributed by atoms with van der Waals surface area (Å²) in [6.45, 7) is 6.93. The van der Waals surface area contributed by atoms with Gasteiger partial charge in [0.2, 0.25) is 0 Å². The summed E-state index contributed by atoms with van der Waals surface area (Å²) in [5.74, 6) is 2.64. The Balaban J connectivity index is 1.63. The fourth-order valence-electron chi connectivity index (χ4n) is 3.16. The average Bonchev–Trinajstić information content (AvgIpc) is 3.02. The van der Waals surface area contributed by atoms with Crippen LogP contribution in [0.15, 0.2) is 29.3 Å². The number of fused-ring (bicyclic) bond motifs is 1. The number of aromatic nitrogens is 3. The zero-order chi connectivity index (χ0) is 18.4. The van der Waals surface area contributed by atoms with E-state index in [4.69, 9.17) is 9.73 Å². The number of nitrogens with zero attached hydrogens (tertiary/aromatic N) is 4. The van der Waals surface area contributed by atoms with Gasteiger partial charge in [-0.15, -0.1) is 0 Å². The Morgan fingerprint density at radius 1 is 1.42 bits per heavy atom. The van der Waals surface area contributed by atoms with Crippen LogP contribution in [0.4, 0.5) is 0 Å². The lowest BCUT2D eigenvalue weighted by Crippen LogP contribution is -2.47. The van der Waals surface area contributed by atoms with Crippen LogP contribution in [-0.4, -0.2) is 40.4 Å². The molecule has 0 amide bonds. The van der Waals surface area contributed by atoms with Crippen LogP contribution in [0, 0.1) is 6.92 Å². The molecule has 2 aromatic rings. The largest absolute Gasteiger partial charge is 0.377 e. The minimum absolute atomic E-state index is 0.287. The molecule has 0 radical (unpaired) electrons. The second-order valence-corrected chi connectivity index (χ2v) is 6.62. The lowest BCUT2D eigenvalue weighted by Gasteiger charge is -2.25. The van der Waals surface area contributed by atoms with Gasteiger partial charge in [0.05, 0.1) is 13.1 Å². The van der Waals surface area contributed by atoms with E-state index in [1.54, 1.807) is 7.11 Å². The summed E-state index contributed by atoms with van der Waals surface area (Å²) in [6.07, 6.45) is 1.92. The van der Waals surface area contributed by atoms with Crippen molar-refractivity contribution in [3.8, 4) is 0 Å². The highest BCUT2D eigenvalue weighted by molar-refractivity contribution is 5.80. The Morgan fingerprint density at radius 2 is 2.31 bits per heavy atom. The maximum absolute atomic E-state index is 5.13. The highest BCUT2D eigenvalue weighted by Gasteiger charge is 2.22. The first-order valence-electron chi connectivity index (χ1n) is 9.20. The predicted molar refractivity (Wildman–Crippen MR) is 102 cm³/mol. The van der Waals surface area contributed by atoms with Crippen LogP contribution < -0.4 is 10.6 Å². The van der Waals surface area contributed by atoms with E-state index in [1.165, 1.54) is 11.1 Å². The number of nitrogens with one attached hydrogen (secondary N) is 2. The molecule has 3 rings (SSSR count). The van der Waals surface area contributed by atoms with Gasteiger partial charge < -0.3 is 15.4 Å². The molecule has 2 heterocycles. The third kappa shape index (κ3) is 4.82. The van der Waals surface area contributed by atoms with Gasteiger partial charge >= 0.3 is 0 Å². The first-order chi connectivity index (χ1) is 12.7. The molecule has 0 saturated carbocycles. The van der Waals surface area contributed by atoms with Crippen LogP contribution >= 0.6 is 0 Å². The van der Waals surface area contributed by atoms with Crippen molar-refractivity contribution in [3.05, 3.63) is 47.0 Å². The van der Waals surface area contributed by atoms with Crippen molar-refractivity contribution < 1.29 is 4.74 Å². The Kier molecular flexibility index (Phi) is 6.22. The quantitative estimate of drug-likeness (QED) is 0.610. The summed E-state index contributed by atoms with van der Waals surface area (Å²) >= 11 is 0. The van der Waals surface area contributed by atoms with Crippen LogP contribution in [0.2, 0.25) is 0 Å². The van der Waals surface area contributed by atoms with Crippen LogP contribution in [0.3, 0.4) is 0 Å². The monoisotopic (exact) mass is 356 g/mol. The highest BCUT2D eigenvalue weighted by Crippen LogP contribution is 2.13. The van der Waals surface area contributed by atoms with E-state index in [2.05, 4.69) is 58.8 Å². The van der Waals surface area contributed by atoms with Gasteiger partial charge in [-0.1, -0.05) is 29.8 Å². The summed E-state index contributed by atoms with van der Waals surface area (Å²) in [4.78, 5) is 9.27. The van der Waals surface area contributed by atoms with E-state index in [9.17, 15) is 0 Å². The number of rotatable bonds is 6. The fraction of sp³-hybridized carbons (Fsp3) is 0.526. The zero-order valence-corrected chi connectivity index (χ0v) is 15.8. The molecule has 1 aliphatic rings. The van der Waals surface area contributed by atoms with Crippen LogP contribution in [0.1, 0.15) is 36.1 Å². The average molecular weight is 356 g/mol. The van der Waals surface area contributed by atoms with Crippen molar-refractivity contribution in [2.24, 2.45) is 4.99 Å². The maximum Gasteiger partial charge on any atom is 0.191 e. The molecular formula is C19H28N6O. The van der Waals surface area contributed by atoms with E-state index in [1.807, 2.05) is 4.68 Å². The minimum atomic E-state index is 0.287. The van der Waals surface area contributed by atoms with Crippen LogP contribution in [-0.2, 0) is 30.9 Å². The van der Waals surface area contributed by atoms with Gasteiger partial charge in [0.15, 0.2) is 11.8 Å². The molecule has 140 valence electrons. The summed E-state index contributed by atoms with van der Waals surface area (Å²) in [5.41, 5.74) is 2.47. The van der Waals surface area contributed by atoms with E-state index in [0.717, 1.165) is 43.5 Å². The summed E-state index contributed by atoms with van der Waals surface area (Å²) in [5, 5.41) is 11.4. The summed E-state index contributed by atoms with van der Waals surface area (Å²) in [7, 11) is 1.66. The van der Waals surface area contributed by atoms with Gasteiger partial charge in [-0.25, -0.2) is 14.7 Å². The molecule has 7 heteroatoms. The predicted octanol–water partition coefficient (Wildman–Crippen LogP) is 1.80. The Morgan fingerprint density at radius 3 is 3.08 bits per heavy atom. The maximum atomic E-state index is 5.13. The first-order valence-corrected chi connectivity index (χ1v) is 9.20. The number of benzene rings is 1. The van der Waals surface area contributed by atoms with Crippen LogP contribution in [0.5, 0.6) is 0 Å². The lowest BCUT2D eigenvalue weighted by atomic mass is 10.1. The first kappa shape index (κ1) is 18.4. The summed E-state index contributed by atoms with van der Waals surface area (Å²) < 4.78 is 7.11. The molecule has 0 bridgehead atoms. The molecule has 0 saturated heterocycles. The molecule has 1 aliphatic heterocycles. The number of hydrogen-bond donors (Lipinski definition) is 2. The molecule has 1 aromatic carbocycles. The van der Waals surface area contributed by atoms with E-state index < -0.39 is 0 Å². The smallest absolute Gasteiger partial charge is 0.191 e. The SMILES string of the molecule is CCNC(=NCc1cccc(C)c1)NC1CCc2nc(COC)nn2C1. The molecular weight excluding hydrogens is 328 g/mol. The molecule has 1 atom stereocenters. The fourth-order valence-corrected chi connectivity index (χ4v) is 3.16. The molecule has 0 fully saturated rings. The zero-order valence-electron chi connectivity index (χ0n) is 15.8. The van der Waals surface area contributed by atoms with Gasteiger partial charge in [0.1, 0.15) is 12.4 Å². The van der Waals surface area contributed by atoms with E-state index >= 15 is 0 Å². The number of methoxy groups -OCH3 is 1. The molecule has 0 aliphatic carbocycles. The number of aryl methyl sites for hydroxylation is 2. The standard InChI is InChI=1S/C19H28N6O/c1-4-20-19(21-11-15-7-5-6-14(2)10-15)22-16-8-9-18-23-17(13-26-3)24-25(18)12-16/h5-7,10,16H,4,8-9,11-13H2,1-3H3,(H2,20,21,22). The second-order valence-electron chi connectivity index (χ2n) is 6.62. The molecule has 1 aromatic heterocycles. The summed E-state index contributed by atoms with van der Waals surface area (Å²) in [6, 6.07) is 8.75. The minimum Gasteiger partial charge on any atom is -0.377 e. The molecule has 1 unspecified atom stereocenters.